The SMILES string of the molecule is Cc1cc(Cl)cc2c1OCC(CO)=C2. The van der Waals surface area contributed by atoms with Crippen molar-refractivity contribution in [3.63, 3.8) is 0 Å². The van der Waals surface area contributed by atoms with Crippen molar-refractivity contribution in [3.05, 3.63) is 33.9 Å². The average Bonchev–Trinajstić information content (AvgIpc) is 2.16. The molecule has 0 spiro atoms. The van der Waals surface area contributed by atoms with Gasteiger partial charge in [-0.05, 0) is 36.3 Å². The van der Waals surface area contributed by atoms with Gasteiger partial charge in [0.25, 0.3) is 0 Å². The minimum absolute atomic E-state index is 0.0327. The predicted molar refractivity (Wildman–Crippen MR) is 56.7 cm³/mol. The van der Waals surface area contributed by atoms with Crippen LogP contribution < -0.4 is 4.74 Å². The van der Waals surface area contributed by atoms with Gasteiger partial charge < -0.3 is 9.84 Å². The number of benzene rings is 1. The van der Waals surface area contributed by atoms with E-state index in [0.717, 1.165) is 22.4 Å². The van der Waals surface area contributed by atoms with Crippen LogP contribution in [0.15, 0.2) is 17.7 Å². The third-order valence-electron chi connectivity index (χ3n) is 2.23. The largest absolute Gasteiger partial charge is 0.488 e. The first-order valence-electron chi connectivity index (χ1n) is 4.44. The number of fused-ring (bicyclic) bond motifs is 1. The highest BCUT2D eigenvalue weighted by Crippen LogP contribution is 2.32. The van der Waals surface area contributed by atoms with Gasteiger partial charge in [0.1, 0.15) is 12.4 Å². The highest BCUT2D eigenvalue weighted by atomic mass is 35.5. The number of hydrogen-bond donors (Lipinski definition) is 1. The maximum Gasteiger partial charge on any atom is 0.130 e. The third kappa shape index (κ3) is 1.63. The second-order valence-corrected chi connectivity index (χ2v) is 3.83. The van der Waals surface area contributed by atoms with Crippen molar-refractivity contribution in [2.75, 3.05) is 13.2 Å². The number of aryl methyl sites for hydroxylation is 1. The Bertz CT molecular complexity index is 397. The quantitative estimate of drug-likeness (QED) is 0.772. The van der Waals surface area contributed by atoms with E-state index in [-0.39, 0.29) is 6.61 Å². The summed E-state index contributed by atoms with van der Waals surface area (Å²) in [5.41, 5.74) is 2.85. The number of aliphatic hydroxyl groups excluding tert-OH is 1. The van der Waals surface area contributed by atoms with Crippen molar-refractivity contribution in [3.8, 4) is 5.75 Å². The van der Waals surface area contributed by atoms with Gasteiger partial charge in [0.15, 0.2) is 0 Å². The van der Waals surface area contributed by atoms with Gasteiger partial charge in [-0.1, -0.05) is 11.6 Å². The number of aliphatic hydroxyl groups is 1. The molecule has 0 atom stereocenters. The molecule has 14 heavy (non-hydrogen) atoms. The van der Waals surface area contributed by atoms with Crippen molar-refractivity contribution in [2.45, 2.75) is 6.92 Å². The zero-order valence-corrected chi connectivity index (χ0v) is 8.64. The Kier molecular flexibility index (Phi) is 2.48. The van der Waals surface area contributed by atoms with Gasteiger partial charge in [0.2, 0.25) is 0 Å². The molecule has 1 aromatic carbocycles. The second kappa shape index (κ2) is 3.64. The van der Waals surface area contributed by atoms with E-state index >= 15 is 0 Å². The molecule has 0 radical (unpaired) electrons. The average molecular weight is 211 g/mol. The minimum atomic E-state index is 0.0327. The Labute approximate surface area is 87.8 Å². The molecule has 1 aliphatic rings. The first kappa shape index (κ1) is 9.56. The molecule has 0 saturated carbocycles. The van der Waals surface area contributed by atoms with Gasteiger partial charge in [-0.3, -0.25) is 0 Å². The summed E-state index contributed by atoms with van der Waals surface area (Å²) in [4.78, 5) is 0. The molecule has 0 aromatic heterocycles. The highest BCUT2D eigenvalue weighted by Gasteiger charge is 2.13. The number of rotatable bonds is 1. The Morgan fingerprint density at radius 1 is 1.50 bits per heavy atom. The van der Waals surface area contributed by atoms with E-state index in [2.05, 4.69) is 0 Å². The molecule has 1 N–H and O–H groups in total. The summed E-state index contributed by atoms with van der Waals surface area (Å²) in [5, 5.41) is 9.67. The summed E-state index contributed by atoms with van der Waals surface area (Å²) in [6.45, 7) is 2.46. The van der Waals surface area contributed by atoms with Crippen LogP contribution in [0, 0.1) is 6.92 Å². The maximum absolute atomic E-state index is 8.97. The number of hydrogen-bond acceptors (Lipinski definition) is 2. The van der Waals surface area contributed by atoms with Gasteiger partial charge >= 0.3 is 0 Å². The molecule has 1 aromatic rings. The highest BCUT2D eigenvalue weighted by molar-refractivity contribution is 6.30. The molecule has 1 heterocycles. The van der Waals surface area contributed by atoms with Gasteiger partial charge in [0.05, 0.1) is 6.61 Å². The molecule has 0 aliphatic carbocycles. The van der Waals surface area contributed by atoms with Crippen molar-refractivity contribution in [2.24, 2.45) is 0 Å². The molecule has 74 valence electrons. The Balaban J connectivity index is 2.52. The smallest absolute Gasteiger partial charge is 0.130 e. The van der Waals surface area contributed by atoms with Crippen LogP contribution in [-0.2, 0) is 0 Å². The molecule has 0 bridgehead atoms. The summed E-state index contributed by atoms with van der Waals surface area (Å²) in [7, 11) is 0. The standard InChI is InChI=1S/C11H11ClO2/c1-7-2-10(12)4-9-3-8(5-13)6-14-11(7)9/h2-4,13H,5-6H2,1H3. The van der Waals surface area contributed by atoms with Crippen molar-refractivity contribution in [1.29, 1.82) is 0 Å². The zero-order valence-electron chi connectivity index (χ0n) is 7.88. The van der Waals surface area contributed by atoms with Crippen molar-refractivity contribution in [1.82, 2.24) is 0 Å². The van der Waals surface area contributed by atoms with Crippen LogP contribution in [0.4, 0.5) is 0 Å². The summed E-state index contributed by atoms with van der Waals surface area (Å²) < 4.78 is 5.53. The molecule has 2 nitrogen and oxygen atoms in total. The third-order valence-corrected chi connectivity index (χ3v) is 2.45. The molecule has 0 unspecified atom stereocenters. The molecule has 0 amide bonds. The summed E-state index contributed by atoms with van der Waals surface area (Å²) >= 11 is 5.93. The molecule has 0 saturated heterocycles. The molecule has 3 heteroatoms. The monoisotopic (exact) mass is 210 g/mol. The molecule has 1 aliphatic heterocycles. The lowest BCUT2D eigenvalue weighted by atomic mass is 10.0. The Hall–Kier alpha value is -0.990. The van der Waals surface area contributed by atoms with Gasteiger partial charge in [-0.15, -0.1) is 0 Å². The Morgan fingerprint density at radius 3 is 3.00 bits per heavy atom. The van der Waals surface area contributed by atoms with Crippen LogP contribution in [0.2, 0.25) is 5.02 Å². The summed E-state index contributed by atoms with van der Waals surface area (Å²) in [6.07, 6.45) is 1.93. The first-order chi connectivity index (χ1) is 6.70. The van der Waals surface area contributed by atoms with Crippen molar-refractivity contribution >= 4 is 17.7 Å². The van der Waals surface area contributed by atoms with Crippen LogP contribution >= 0.6 is 11.6 Å². The van der Waals surface area contributed by atoms with Crippen molar-refractivity contribution < 1.29 is 9.84 Å². The van der Waals surface area contributed by atoms with Gasteiger partial charge in [-0.25, -0.2) is 0 Å². The van der Waals surface area contributed by atoms with E-state index in [0.29, 0.717) is 11.6 Å². The zero-order chi connectivity index (χ0) is 10.1. The van der Waals surface area contributed by atoms with E-state index in [1.165, 1.54) is 0 Å². The normalized spacial score (nSPS) is 14.4. The molecular weight excluding hydrogens is 200 g/mol. The van der Waals surface area contributed by atoms with Crippen LogP contribution in [0.5, 0.6) is 5.75 Å². The molecular formula is C11H11ClO2. The first-order valence-corrected chi connectivity index (χ1v) is 4.82. The lowest BCUT2D eigenvalue weighted by Crippen LogP contribution is -2.10. The lowest BCUT2D eigenvalue weighted by Gasteiger charge is -2.18. The predicted octanol–water partition coefficient (Wildman–Crippen LogP) is 2.42. The molecule has 0 fully saturated rings. The topological polar surface area (TPSA) is 29.5 Å². The fraction of sp³-hybridized carbons (Fsp3) is 0.273. The fourth-order valence-corrected chi connectivity index (χ4v) is 1.86. The summed E-state index contributed by atoms with van der Waals surface area (Å²) in [6, 6.07) is 3.72. The van der Waals surface area contributed by atoms with Crippen LogP contribution in [0.25, 0.3) is 6.08 Å². The Morgan fingerprint density at radius 2 is 2.29 bits per heavy atom. The van der Waals surface area contributed by atoms with E-state index in [4.69, 9.17) is 21.4 Å². The number of halogens is 1. The summed E-state index contributed by atoms with van der Waals surface area (Å²) in [5.74, 6) is 0.867. The van der Waals surface area contributed by atoms with Gasteiger partial charge in [-0.2, -0.15) is 0 Å². The lowest BCUT2D eigenvalue weighted by molar-refractivity contribution is 0.284. The van der Waals surface area contributed by atoms with Gasteiger partial charge in [0, 0.05) is 10.6 Å². The minimum Gasteiger partial charge on any atom is -0.488 e. The van der Waals surface area contributed by atoms with Crippen LogP contribution in [-0.4, -0.2) is 18.3 Å². The van der Waals surface area contributed by atoms with E-state index in [1.54, 1.807) is 0 Å². The van der Waals surface area contributed by atoms with Crippen LogP contribution in [0.1, 0.15) is 11.1 Å². The van der Waals surface area contributed by atoms with E-state index in [9.17, 15) is 0 Å². The number of ether oxygens (including phenoxy) is 1. The van der Waals surface area contributed by atoms with E-state index in [1.807, 2.05) is 25.1 Å². The fourth-order valence-electron chi connectivity index (χ4n) is 1.58. The molecule has 2 rings (SSSR count). The second-order valence-electron chi connectivity index (χ2n) is 3.39. The van der Waals surface area contributed by atoms with E-state index < -0.39 is 0 Å². The maximum atomic E-state index is 8.97. The van der Waals surface area contributed by atoms with Crippen LogP contribution in [0.3, 0.4) is 0 Å².